The second-order valence-corrected chi connectivity index (χ2v) is 4.97. The van der Waals surface area contributed by atoms with Gasteiger partial charge in [0.05, 0.1) is 12.1 Å². The van der Waals surface area contributed by atoms with Gasteiger partial charge < -0.3 is 15.3 Å². The molecule has 0 aromatic rings. The highest BCUT2D eigenvalue weighted by Crippen LogP contribution is 2.28. The molecule has 0 spiro atoms. The molecule has 2 N–H and O–H groups in total. The number of unbranched alkanes of at least 4 members (excludes halogenated alkanes) is 1. The normalized spacial score (nSPS) is 29.4. The SMILES string of the molecule is CCCCN(C(=O)C1CC(O)CN1)C1CC1. The summed E-state index contributed by atoms with van der Waals surface area (Å²) in [6, 6.07) is 0.339. The molecule has 92 valence electrons. The summed E-state index contributed by atoms with van der Waals surface area (Å²) in [5.41, 5.74) is 0. The van der Waals surface area contributed by atoms with Gasteiger partial charge in [-0.3, -0.25) is 4.79 Å². The van der Waals surface area contributed by atoms with Crippen LogP contribution < -0.4 is 5.32 Å². The van der Waals surface area contributed by atoms with Crippen LogP contribution in [0.1, 0.15) is 39.0 Å². The van der Waals surface area contributed by atoms with Crippen molar-refractivity contribution in [2.75, 3.05) is 13.1 Å². The van der Waals surface area contributed by atoms with Crippen molar-refractivity contribution < 1.29 is 9.90 Å². The van der Waals surface area contributed by atoms with Gasteiger partial charge in [-0.25, -0.2) is 0 Å². The van der Waals surface area contributed by atoms with E-state index in [1.807, 2.05) is 4.90 Å². The Kier molecular flexibility index (Phi) is 3.82. The lowest BCUT2D eigenvalue weighted by molar-refractivity contribution is -0.133. The molecule has 1 amide bonds. The molecule has 1 heterocycles. The summed E-state index contributed by atoms with van der Waals surface area (Å²) in [6.07, 6.45) is 4.75. The van der Waals surface area contributed by atoms with Gasteiger partial charge in [-0.05, 0) is 25.7 Å². The lowest BCUT2D eigenvalue weighted by atomic mass is 10.1. The number of carbonyl (C=O) groups is 1. The lowest BCUT2D eigenvalue weighted by Gasteiger charge is -2.25. The number of aliphatic hydroxyl groups is 1. The summed E-state index contributed by atoms with van der Waals surface area (Å²) in [6.45, 7) is 3.59. The van der Waals surface area contributed by atoms with Gasteiger partial charge >= 0.3 is 0 Å². The van der Waals surface area contributed by atoms with Gasteiger partial charge in [-0.15, -0.1) is 0 Å². The predicted molar refractivity (Wildman–Crippen MR) is 62.1 cm³/mol. The topological polar surface area (TPSA) is 52.6 Å². The van der Waals surface area contributed by atoms with Gasteiger partial charge in [0.15, 0.2) is 0 Å². The number of β-amino-alcohol motifs (C(OH)–C–C–N with tert-alkyl or cyclic N) is 1. The van der Waals surface area contributed by atoms with Crippen molar-refractivity contribution in [3.8, 4) is 0 Å². The quantitative estimate of drug-likeness (QED) is 0.718. The summed E-state index contributed by atoms with van der Waals surface area (Å²) < 4.78 is 0. The van der Waals surface area contributed by atoms with Crippen LogP contribution >= 0.6 is 0 Å². The first-order valence-electron chi connectivity index (χ1n) is 6.44. The van der Waals surface area contributed by atoms with E-state index in [1.54, 1.807) is 0 Å². The minimum atomic E-state index is -0.346. The van der Waals surface area contributed by atoms with Gasteiger partial charge in [0, 0.05) is 19.1 Å². The van der Waals surface area contributed by atoms with Crippen LogP contribution in [0.25, 0.3) is 0 Å². The highest BCUT2D eigenvalue weighted by atomic mass is 16.3. The fourth-order valence-corrected chi connectivity index (χ4v) is 2.29. The van der Waals surface area contributed by atoms with Crippen LogP contribution in [0.15, 0.2) is 0 Å². The monoisotopic (exact) mass is 226 g/mol. The molecule has 4 nitrogen and oxygen atoms in total. The first kappa shape index (κ1) is 11.9. The zero-order valence-electron chi connectivity index (χ0n) is 9.98. The molecule has 2 fully saturated rings. The van der Waals surface area contributed by atoms with Crippen LogP contribution in [-0.4, -0.2) is 47.2 Å². The smallest absolute Gasteiger partial charge is 0.240 e. The molecule has 2 aliphatic rings. The highest BCUT2D eigenvalue weighted by Gasteiger charge is 2.37. The fraction of sp³-hybridized carbons (Fsp3) is 0.917. The minimum absolute atomic E-state index is 0.146. The van der Waals surface area contributed by atoms with Gasteiger partial charge in [0.1, 0.15) is 0 Å². The summed E-state index contributed by atoms with van der Waals surface area (Å²) >= 11 is 0. The Labute approximate surface area is 97.0 Å². The van der Waals surface area contributed by atoms with Crippen LogP contribution in [0.5, 0.6) is 0 Å². The van der Waals surface area contributed by atoms with Crippen LogP contribution in [-0.2, 0) is 4.79 Å². The second-order valence-electron chi connectivity index (χ2n) is 4.97. The summed E-state index contributed by atoms with van der Waals surface area (Å²) in [5.74, 6) is 0.201. The van der Waals surface area contributed by atoms with E-state index in [0.29, 0.717) is 19.0 Å². The first-order valence-corrected chi connectivity index (χ1v) is 6.44. The van der Waals surface area contributed by atoms with Gasteiger partial charge in [-0.1, -0.05) is 13.3 Å². The predicted octanol–water partition coefficient (Wildman–Crippen LogP) is 0.500. The molecule has 1 aliphatic heterocycles. The third-order valence-corrected chi connectivity index (χ3v) is 3.43. The van der Waals surface area contributed by atoms with E-state index in [1.165, 1.54) is 0 Å². The highest BCUT2D eigenvalue weighted by molar-refractivity contribution is 5.82. The molecule has 2 atom stereocenters. The van der Waals surface area contributed by atoms with Crippen molar-refractivity contribution in [2.24, 2.45) is 0 Å². The maximum absolute atomic E-state index is 12.2. The summed E-state index contributed by atoms with van der Waals surface area (Å²) in [5, 5.41) is 12.5. The molecular weight excluding hydrogens is 204 g/mol. The van der Waals surface area contributed by atoms with E-state index in [4.69, 9.17) is 0 Å². The van der Waals surface area contributed by atoms with Crippen molar-refractivity contribution >= 4 is 5.91 Å². The molecule has 1 aliphatic carbocycles. The average Bonchev–Trinajstić information content (AvgIpc) is 3.01. The maximum Gasteiger partial charge on any atom is 0.240 e. The molecule has 4 heteroatoms. The van der Waals surface area contributed by atoms with Crippen LogP contribution in [0.4, 0.5) is 0 Å². The van der Waals surface area contributed by atoms with Gasteiger partial charge in [-0.2, -0.15) is 0 Å². The van der Waals surface area contributed by atoms with Crippen molar-refractivity contribution in [3.63, 3.8) is 0 Å². The molecule has 2 rings (SSSR count). The van der Waals surface area contributed by atoms with Crippen molar-refractivity contribution in [3.05, 3.63) is 0 Å². The lowest BCUT2D eigenvalue weighted by Crippen LogP contribution is -2.45. The largest absolute Gasteiger partial charge is 0.392 e. The number of hydrogen-bond donors (Lipinski definition) is 2. The summed E-state index contributed by atoms with van der Waals surface area (Å²) in [4.78, 5) is 14.3. The Balaban J connectivity index is 1.88. The van der Waals surface area contributed by atoms with Gasteiger partial charge in [0.25, 0.3) is 0 Å². The Morgan fingerprint density at radius 2 is 2.25 bits per heavy atom. The van der Waals surface area contributed by atoms with Crippen molar-refractivity contribution in [1.29, 1.82) is 0 Å². The van der Waals surface area contributed by atoms with Crippen LogP contribution in [0.2, 0.25) is 0 Å². The summed E-state index contributed by atoms with van der Waals surface area (Å²) in [7, 11) is 0. The number of carbonyl (C=O) groups excluding carboxylic acids is 1. The molecule has 16 heavy (non-hydrogen) atoms. The molecule has 2 unspecified atom stereocenters. The Morgan fingerprint density at radius 1 is 1.50 bits per heavy atom. The molecule has 1 saturated carbocycles. The van der Waals surface area contributed by atoms with E-state index in [2.05, 4.69) is 12.2 Å². The Hall–Kier alpha value is -0.610. The number of rotatable bonds is 5. The molecule has 0 bridgehead atoms. The second kappa shape index (κ2) is 5.15. The number of nitrogens with one attached hydrogen (secondary N) is 1. The molecule has 0 aromatic carbocycles. The Bertz CT molecular complexity index is 253. The standard InChI is InChI=1S/C12H22N2O2/c1-2-3-6-14(9-4-5-9)12(16)11-7-10(15)8-13-11/h9-11,13,15H,2-8H2,1H3. The zero-order chi connectivity index (χ0) is 11.5. The molecule has 0 aromatic heterocycles. The number of amides is 1. The molecule has 0 radical (unpaired) electrons. The third-order valence-electron chi connectivity index (χ3n) is 3.43. The number of hydrogen-bond acceptors (Lipinski definition) is 3. The van der Waals surface area contributed by atoms with E-state index in [-0.39, 0.29) is 18.1 Å². The first-order chi connectivity index (χ1) is 7.72. The number of aliphatic hydroxyl groups excluding tert-OH is 1. The average molecular weight is 226 g/mol. The van der Waals surface area contributed by atoms with Crippen molar-refractivity contribution in [1.82, 2.24) is 10.2 Å². The minimum Gasteiger partial charge on any atom is -0.392 e. The van der Waals surface area contributed by atoms with E-state index in [9.17, 15) is 9.90 Å². The van der Waals surface area contributed by atoms with E-state index >= 15 is 0 Å². The van der Waals surface area contributed by atoms with Crippen LogP contribution in [0.3, 0.4) is 0 Å². The third kappa shape index (κ3) is 2.74. The van der Waals surface area contributed by atoms with Gasteiger partial charge in [0.2, 0.25) is 5.91 Å². The number of nitrogens with zero attached hydrogens (tertiary/aromatic N) is 1. The van der Waals surface area contributed by atoms with E-state index < -0.39 is 0 Å². The zero-order valence-corrected chi connectivity index (χ0v) is 9.98. The van der Waals surface area contributed by atoms with Crippen LogP contribution in [0, 0.1) is 0 Å². The molecular formula is C12H22N2O2. The Morgan fingerprint density at radius 3 is 2.75 bits per heavy atom. The van der Waals surface area contributed by atoms with E-state index in [0.717, 1.165) is 32.2 Å². The fourth-order valence-electron chi connectivity index (χ4n) is 2.29. The molecule has 1 saturated heterocycles. The maximum atomic E-state index is 12.2. The van der Waals surface area contributed by atoms with Crippen molar-refractivity contribution in [2.45, 2.75) is 57.2 Å².